The van der Waals surface area contributed by atoms with E-state index in [1.165, 1.54) is 9.80 Å². The van der Waals surface area contributed by atoms with Crippen molar-refractivity contribution in [1.29, 1.82) is 0 Å². The van der Waals surface area contributed by atoms with E-state index in [-0.39, 0.29) is 0 Å². The second-order valence-electron chi connectivity index (χ2n) is 2.71. The zero-order valence-corrected chi connectivity index (χ0v) is 7.45. The average molecular weight is 187 g/mol. The van der Waals surface area contributed by atoms with Gasteiger partial charge in [0.05, 0.1) is 11.9 Å². The Balaban J connectivity index is 2.36. The molecule has 0 fully saturated rings. The van der Waals surface area contributed by atoms with Gasteiger partial charge in [0.2, 0.25) is 6.41 Å². The van der Waals surface area contributed by atoms with Gasteiger partial charge in [-0.3, -0.25) is 4.79 Å². The summed E-state index contributed by atoms with van der Waals surface area (Å²) in [6.45, 7) is 0. The van der Waals surface area contributed by atoms with Crippen LogP contribution in [0.3, 0.4) is 0 Å². The van der Waals surface area contributed by atoms with Crippen molar-refractivity contribution in [1.82, 2.24) is 9.89 Å². The molecule has 0 aliphatic heterocycles. The third kappa shape index (κ3) is 1.50. The molecule has 0 aliphatic rings. The highest BCUT2D eigenvalue weighted by Crippen LogP contribution is 2.11. The van der Waals surface area contributed by atoms with Crippen molar-refractivity contribution < 1.29 is 4.79 Å². The van der Waals surface area contributed by atoms with Crippen molar-refractivity contribution in [3.63, 3.8) is 0 Å². The van der Waals surface area contributed by atoms with E-state index >= 15 is 0 Å². The molecule has 1 amide bonds. The van der Waals surface area contributed by atoms with E-state index in [1.807, 2.05) is 30.3 Å². The molecule has 70 valence electrons. The van der Waals surface area contributed by atoms with Crippen molar-refractivity contribution in [2.24, 2.45) is 0 Å². The van der Waals surface area contributed by atoms with Crippen molar-refractivity contribution in [2.45, 2.75) is 0 Å². The van der Waals surface area contributed by atoms with Crippen LogP contribution in [0.2, 0.25) is 0 Å². The van der Waals surface area contributed by atoms with E-state index in [0.717, 1.165) is 12.1 Å². The maximum Gasteiger partial charge on any atom is 0.234 e. The van der Waals surface area contributed by atoms with Gasteiger partial charge in [-0.25, -0.2) is 5.01 Å². The number of carbonyl (C=O) groups excluding carboxylic acids is 1. The highest BCUT2D eigenvalue weighted by Gasteiger charge is 2.05. The number of rotatable bonds is 3. The molecular weight excluding hydrogens is 178 g/mol. The molecule has 0 saturated carbocycles. The predicted molar refractivity (Wildman–Crippen MR) is 52.6 cm³/mol. The third-order valence-corrected chi connectivity index (χ3v) is 1.83. The summed E-state index contributed by atoms with van der Waals surface area (Å²) < 4.78 is 0. The topological polar surface area (TPSA) is 38.1 Å². The van der Waals surface area contributed by atoms with Crippen LogP contribution >= 0.6 is 0 Å². The molecule has 4 heteroatoms. The van der Waals surface area contributed by atoms with Crippen LogP contribution in [-0.2, 0) is 4.79 Å². The lowest BCUT2D eigenvalue weighted by atomic mass is 10.3. The molecule has 0 unspecified atom stereocenters. The molecule has 0 aliphatic carbocycles. The minimum atomic E-state index is 0.725. The van der Waals surface area contributed by atoms with E-state index in [4.69, 9.17) is 0 Å². The maximum atomic E-state index is 10.9. The number of benzene rings is 1. The Hall–Kier alpha value is -2.10. The summed E-state index contributed by atoms with van der Waals surface area (Å²) >= 11 is 0. The van der Waals surface area contributed by atoms with Gasteiger partial charge < -0.3 is 0 Å². The average Bonchev–Trinajstić information content (AvgIpc) is 2.74. The molecule has 4 nitrogen and oxygen atoms in total. The van der Waals surface area contributed by atoms with Crippen LogP contribution in [0.25, 0.3) is 0 Å². The summed E-state index contributed by atoms with van der Waals surface area (Å²) in [6, 6.07) is 11.1. The smallest absolute Gasteiger partial charge is 0.234 e. The zero-order chi connectivity index (χ0) is 9.80. The Morgan fingerprint density at radius 2 is 2.00 bits per heavy atom. The highest BCUT2D eigenvalue weighted by atomic mass is 16.1. The Kier molecular flexibility index (Phi) is 2.27. The van der Waals surface area contributed by atoms with Gasteiger partial charge in [-0.1, -0.05) is 18.2 Å². The number of nitrogens with zero attached hydrogens (tertiary/aromatic N) is 3. The molecule has 0 spiro atoms. The summed E-state index contributed by atoms with van der Waals surface area (Å²) in [7, 11) is 0. The fraction of sp³-hybridized carbons (Fsp3) is 0. The van der Waals surface area contributed by atoms with E-state index in [9.17, 15) is 4.79 Å². The number of carbonyl (C=O) groups is 1. The first-order chi connectivity index (χ1) is 6.92. The minimum Gasteiger partial charge on any atom is -0.276 e. The monoisotopic (exact) mass is 187 g/mol. The molecule has 1 aromatic heterocycles. The molecule has 1 heterocycles. The largest absolute Gasteiger partial charge is 0.276 e. The lowest BCUT2D eigenvalue weighted by Crippen LogP contribution is -2.28. The van der Waals surface area contributed by atoms with Crippen molar-refractivity contribution >= 4 is 12.1 Å². The van der Waals surface area contributed by atoms with Crippen LogP contribution in [0.4, 0.5) is 5.69 Å². The van der Waals surface area contributed by atoms with Gasteiger partial charge in [0.15, 0.2) is 0 Å². The number of hydrogen-bond donors (Lipinski definition) is 0. The molecule has 14 heavy (non-hydrogen) atoms. The fourth-order valence-electron chi connectivity index (χ4n) is 1.20. The number of para-hydroxylation sites is 1. The fourth-order valence-corrected chi connectivity index (χ4v) is 1.20. The van der Waals surface area contributed by atoms with E-state index in [2.05, 4.69) is 5.10 Å². The Morgan fingerprint density at radius 3 is 2.57 bits per heavy atom. The molecule has 0 bridgehead atoms. The summed E-state index contributed by atoms with van der Waals surface area (Å²) in [5.74, 6) is 0. The van der Waals surface area contributed by atoms with Gasteiger partial charge in [-0.2, -0.15) is 9.89 Å². The van der Waals surface area contributed by atoms with Gasteiger partial charge in [-0.15, -0.1) is 0 Å². The molecule has 0 atom stereocenters. The standard InChI is InChI=1S/C10H9N3O/c14-9-12(13-8-4-7-11-13)10-5-2-1-3-6-10/h1-9H. The second kappa shape index (κ2) is 3.74. The van der Waals surface area contributed by atoms with Gasteiger partial charge in [0.25, 0.3) is 0 Å². The number of hydrogen-bond acceptors (Lipinski definition) is 2. The SMILES string of the molecule is O=CN(c1ccccc1)n1cccn1. The third-order valence-electron chi connectivity index (χ3n) is 1.83. The lowest BCUT2D eigenvalue weighted by Gasteiger charge is -2.16. The summed E-state index contributed by atoms with van der Waals surface area (Å²) in [4.78, 5) is 12.3. The zero-order valence-electron chi connectivity index (χ0n) is 7.45. The Labute approximate surface area is 81.4 Å². The predicted octanol–water partition coefficient (Wildman–Crippen LogP) is 1.31. The first-order valence-corrected chi connectivity index (χ1v) is 4.21. The summed E-state index contributed by atoms with van der Waals surface area (Å²) in [5.41, 5.74) is 0.784. The van der Waals surface area contributed by atoms with Crippen molar-refractivity contribution in [3.05, 3.63) is 48.8 Å². The van der Waals surface area contributed by atoms with E-state index < -0.39 is 0 Å². The molecule has 1 aromatic carbocycles. The molecule has 2 rings (SSSR count). The Bertz CT molecular complexity index is 397. The number of amides is 1. The van der Waals surface area contributed by atoms with E-state index in [0.29, 0.717) is 0 Å². The van der Waals surface area contributed by atoms with Crippen LogP contribution in [0.1, 0.15) is 0 Å². The van der Waals surface area contributed by atoms with Crippen molar-refractivity contribution in [3.8, 4) is 0 Å². The molecule has 0 N–H and O–H groups in total. The number of aromatic nitrogens is 2. The maximum absolute atomic E-state index is 10.9. The van der Waals surface area contributed by atoms with Crippen LogP contribution in [-0.4, -0.2) is 16.3 Å². The van der Waals surface area contributed by atoms with Crippen LogP contribution < -0.4 is 5.01 Å². The quantitative estimate of drug-likeness (QED) is 0.679. The van der Waals surface area contributed by atoms with Gasteiger partial charge >= 0.3 is 0 Å². The molecule has 2 aromatic rings. The first kappa shape index (κ1) is 8.50. The van der Waals surface area contributed by atoms with Gasteiger partial charge in [0, 0.05) is 6.20 Å². The number of anilines is 1. The van der Waals surface area contributed by atoms with Crippen molar-refractivity contribution in [2.75, 3.05) is 5.01 Å². The molecular formula is C10H9N3O. The molecule has 0 saturated heterocycles. The summed E-state index contributed by atoms with van der Waals surface area (Å²) in [5, 5.41) is 5.39. The van der Waals surface area contributed by atoms with Crippen LogP contribution in [0, 0.1) is 0 Å². The molecule has 0 radical (unpaired) electrons. The summed E-state index contributed by atoms with van der Waals surface area (Å²) in [6.07, 6.45) is 4.06. The highest BCUT2D eigenvalue weighted by molar-refractivity contribution is 5.73. The Morgan fingerprint density at radius 1 is 1.21 bits per heavy atom. The first-order valence-electron chi connectivity index (χ1n) is 4.21. The van der Waals surface area contributed by atoms with Gasteiger partial charge in [0.1, 0.15) is 0 Å². The normalized spacial score (nSPS) is 9.71. The van der Waals surface area contributed by atoms with Gasteiger partial charge in [-0.05, 0) is 18.2 Å². The minimum absolute atomic E-state index is 0.725. The lowest BCUT2D eigenvalue weighted by molar-refractivity contribution is -0.108. The van der Waals surface area contributed by atoms with E-state index in [1.54, 1.807) is 18.5 Å². The second-order valence-corrected chi connectivity index (χ2v) is 2.71. The van der Waals surface area contributed by atoms with Crippen LogP contribution in [0.15, 0.2) is 48.8 Å². The van der Waals surface area contributed by atoms with Crippen LogP contribution in [0.5, 0.6) is 0 Å².